The van der Waals surface area contributed by atoms with Gasteiger partial charge >= 0.3 is 0 Å². The van der Waals surface area contributed by atoms with E-state index in [1.54, 1.807) is 28.6 Å². The SMILES string of the molecule is CCC[C@@H](C)N(Cc1ccccc1OCCCN1CCCCC1)S(=O)(=O)c1ccc(Cl)cc1. The number of halogens is 1. The van der Waals surface area contributed by atoms with Gasteiger partial charge in [0, 0.05) is 29.7 Å². The van der Waals surface area contributed by atoms with Gasteiger partial charge in [0.15, 0.2) is 0 Å². The molecule has 7 heteroatoms. The van der Waals surface area contributed by atoms with E-state index >= 15 is 0 Å². The Balaban J connectivity index is 1.72. The van der Waals surface area contributed by atoms with E-state index in [0.717, 1.165) is 37.1 Å². The predicted molar refractivity (Wildman–Crippen MR) is 135 cm³/mol. The van der Waals surface area contributed by atoms with Crippen LogP contribution in [0.25, 0.3) is 0 Å². The van der Waals surface area contributed by atoms with Crippen molar-refractivity contribution < 1.29 is 13.2 Å². The Morgan fingerprint density at radius 3 is 2.45 bits per heavy atom. The number of para-hydroxylation sites is 1. The molecule has 1 heterocycles. The molecule has 1 aliphatic heterocycles. The number of piperidine rings is 1. The van der Waals surface area contributed by atoms with Gasteiger partial charge in [-0.05, 0) is 76.0 Å². The molecule has 0 unspecified atom stereocenters. The van der Waals surface area contributed by atoms with Gasteiger partial charge in [-0.25, -0.2) is 8.42 Å². The van der Waals surface area contributed by atoms with E-state index in [1.165, 1.54) is 32.4 Å². The van der Waals surface area contributed by atoms with E-state index in [0.29, 0.717) is 11.6 Å². The fourth-order valence-corrected chi connectivity index (χ4v) is 6.14. The summed E-state index contributed by atoms with van der Waals surface area (Å²) in [6.45, 7) is 8.36. The Bertz CT molecular complexity index is 960. The van der Waals surface area contributed by atoms with Gasteiger partial charge in [-0.15, -0.1) is 0 Å². The molecule has 33 heavy (non-hydrogen) atoms. The lowest BCUT2D eigenvalue weighted by atomic mass is 10.1. The van der Waals surface area contributed by atoms with Gasteiger partial charge in [0.05, 0.1) is 11.5 Å². The summed E-state index contributed by atoms with van der Waals surface area (Å²) in [6.07, 6.45) is 6.57. The summed E-state index contributed by atoms with van der Waals surface area (Å²) in [4.78, 5) is 2.76. The normalized spacial score (nSPS) is 16.1. The van der Waals surface area contributed by atoms with Crippen molar-refractivity contribution in [3.63, 3.8) is 0 Å². The molecule has 2 aromatic rings. The number of rotatable bonds is 12. The van der Waals surface area contributed by atoms with Gasteiger partial charge in [-0.1, -0.05) is 49.6 Å². The molecule has 5 nitrogen and oxygen atoms in total. The van der Waals surface area contributed by atoms with E-state index < -0.39 is 10.0 Å². The third-order valence-electron chi connectivity index (χ3n) is 6.24. The maximum atomic E-state index is 13.5. The minimum Gasteiger partial charge on any atom is -0.493 e. The average molecular weight is 493 g/mol. The highest BCUT2D eigenvalue weighted by molar-refractivity contribution is 7.89. The third-order valence-corrected chi connectivity index (χ3v) is 8.47. The molecule has 1 aliphatic rings. The summed E-state index contributed by atoms with van der Waals surface area (Å²) in [6, 6.07) is 14.0. The number of likely N-dealkylation sites (tertiary alicyclic amines) is 1. The minimum absolute atomic E-state index is 0.136. The van der Waals surface area contributed by atoms with Crippen LogP contribution in [-0.4, -0.2) is 49.9 Å². The second kappa shape index (κ2) is 12.7. The quantitative estimate of drug-likeness (QED) is 0.342. The molecule has 1 atom stereocenters. The molecule has 1 saturated heterocycles. The van der Waals surface area contributed by atoms with Gasteiger partial charge in [0.25, 0.3) is 0 Å². The number of hydrogen-bond acceptors (Lipinski definition) is 4. The van der Waals surface area contributed by atoms with Gasteiger partial charge in [0.2, 0.25) is 10.0 Å². The van der Waals surface area contributed by atoms with Crippen molar-refractivity contribution in [3.05, 3.63) is 59.1 Å². The van der Waals surface area contributed by atoms with Crippen LogP contribution >= 0.6 is 11.6 Å². The molecule has 182 valence electrons. The first kappa shape index (κ1) is 26.0. The first-order chi connectivity index (χ1) is 15.9. The fraction of sp³-hybridized carbons (Fsp3) is 0.538. The Morgan fingerprint density at radius 1 is 1.06 bits per heavy atom. The number of nitrogens with zero attached hydrogens (tertiary/aromatic N) is 2. The second-order valence-electron chi connectivity index (χ2n) is 8.85. The number of hydrogen-bond donors (Lipinski definition) is 0. The summed E-state index contributed by atoms with van der Waals surface area (Å²) in [7, 11) is -3.68. The standard InChI is InChI=1S/C26H37ClN2O3S/c1-3-10-22(2)29(33(30,31)25-15-13-24(27)14-16-25)21-23-11-5-6-12-26(23)32-20-9-19-28-17-7-4-8-18-28/h5-6,11-16,22H,3-4,7-10,17-21H2,1-2H3/t22-/m1/s1. The number of ether oxygens (including phenoxy) is 1. The number of sulfonamides is 1. The maximum Gasteiger partial charge on any atom is 0.243 e. The van der Waals surface area contributed by atoms with Crippen LogP contribution in [0.5, 0.6) is 5.75 Å². The highest BCUT2D eigenvalue weighted by atomic mass is 35.5. The molecule has 0 saturated carbocycles. The van der Waals surface area contributed by atoms with E-state index in [2.05, 4.69) is 11.8 Å². The van der Waals surface area contributed by atoms with Crippen molar-refractivity contribution in [3.8, 4) is 5.75 Å². The molecule has 0 spiro atoms. The summed E-state index contributed by atoms with van der Waals surface area (Å²) in [5.74, 6) is 0.760. The van der Waals surface area contributed by atoms with Crippen molar-refractivity contribution >= 4 is 21.6 Å². The van der Waals surface area contributed by atoms with E-state index in [4.69, 9.17) is 16.3 Å². The maximum absolute atomic E-state index is 13.5. The first-order valence-electron chi connectivity index (χ1n) is 12.1. The second-order valence-corrected chi connectivity index (χ2v) is 11.2. The van der Waals surface area contributed by atoms with E-state index in [-0.39, 0.29) is 17.5 Å². The zero-order chi connectivity index (χ0) is 23.7. The highest BCUT2D eigenvalue weighted by Gasteiger charge is 2.29. The molecule has 0 amide bonds. The molecular weight excluding hydrogens is 456 g/mol. The minimum atomic E-state index is -3.68. The summed E-state index contributed by atoms with van der Waals surface area (Å²) in [5, 5.41) is 0.519. The van der Waals surface area contributed by atoms with Crippen LogP contribution in [0.1, 0.15) is 57.9 Å². The molecule has 0 N–H and O–H groups in total. The zero-order valence-electron chi connectivity index (χ0n) is 19.9. The van der Waals surface area contributed by atoms with Crippen LogP contribution in [0, 0.1) is 0 Å². The summed E-state index contributed by atoms with van der Waals surface area (Å²) >= 11 is 5.99. The van der Waals surface area contributed by atoms with Gasteiger partial charge in [0.1, 0.15) is 5.75 Å². The van der Waals surface area contributed by atoms with Crippen LogP contribution in [0.15, 0.2) is 53.4 Å². The average Bonchev–Trinajstić information content (AvgIpc) is 2.82. The van der Waals surface area contributed by atoms with Crippen LogP contribution < -0.4 is 4.74 Å². The monoisotopic (exact) mass is 492 g/mol. The largest absolute Gasteiger partial charge is 0.493 e. The van der Waals surface area contributed by atoms with Crippen molar-refractivity contribution in [1.82, 2.24) is 9.21 Å². The fourth-order valence-electron chi connectivity index (χ4n) is 4.38. The lowest BCUT2D eigenvalue weighted by Gasteiger charge is -2.29. The van der Waals surface area contributed by atoms with E-state index in [1.807, 2.05) is 31.2 Å². The van der Waals surface area contributed by atoms with Crippen molar-refractivity contribution in [2.45, 2.75) is 69.9 Å². The Labute approximate surface area is 204 Å². The number of benzene rings is 2. The van der Waals surface area contributed by atoms with Crippen LogP contribution in [0.2, 0.25) is 5.02 Å². The topological polar surface area (TPSA) is 49.9 Å². The van der Waals surface area contributed by atoms with Crippen LogP contribution in [-0.2, 0) is 16.6 Å². The van der Waals surface area contributed by atoms with Gasteiger partial charge in [-0.3, -0.25) is 0 Å². The molecule has 2 aromatic carbocycles. The Morgan fingerprint density at radius 2 is 1.76 bits per heavy atom. The third kappa shape index (κ3) is 7.44. The Kier molecular flexibility index (Phi) is 10.0. The molecule has 0 aliphatic carbocycles. The van der Waals surface area contributed by atoms with Crippen LogP contribution in [0.4, 0.5) is 0 Å². The van der Waals surface area contributed by atoms with Crippen molar-refractivity contribution in [1.29, 1.82) is 0 Å². The van der Waals surface area contributed by atoms with Crippen molar-refractivity contribution in [2.75, 3.05) is 26.2 Å². The van der Waals surface area contributed by atoms with E-state index in [9.17, 15) is 8.42 Å². The highest BCUT2D eigenvalue weighted by Crippen LogP contribution is 2.28. The lowest BCUT2D eigenvalue weighted by Crippen LogP contribution is -2.38. The first-order valence-corrected chi connectivity index (χ1v) is 13.9. The molecule has 0 aromatic heterocycles. The van der Waals surface area contributed by atoms with Gasteiger partial charge < -0.3 is 9.64 Å². The van der Waals surface area contributed by atoms with Crippen molar-refractivity contribution in [2.24, 2.45) is 0 Å². The molecule has 1 fully saturated rings. The summed E-state index contributed by atoms with van der Waals surface area (Å²) < 4.78 is 34.8. The predicted octanol–water partition coefficient (Wildman–Crippen LogP) is 5.97. The Hall–Kier alpha value is -1.60. The lowest BCUT2D eigenvalue weighted by molar-refractivity contribution is 0.204. The van der Waals surface area contributed by atoms with Crippen LogP contribution in [0.3, 0.4) is 0 Å². The van der Waals surface area contributed by atoms with Gasteiger partial charge in [-0.2, -0.15) is 4.31 Å². The zero-order valence-corrected chi connectivity index (χ0v) is 21.5. The molecular formula is C26H37ClN2O3S. The molecule has 0 bridgehead atoms. The molecule has 0 radical (unpaired) electrons. The summed E-state index contributed by atoms with van der Waals surface area (Å²) in [5.41, 5.74) is 0.885. The molecule has 3 rings (SSSR count). The smallest absolute Gasteiger partial charge is 0.243 e.